The summed E-state index contributed by atoms with van der Waals surface area (Å²) in [6.07, 6.45) is 3.58. The molecule has 6 aromatic rings. The summed E-state index contributed by atoms with van der Waals surface area (Å²) >= 11 is 0. The number of benzene rings is 6. The Morgan fingerprint density at radius 1 is 0.673 bits per heavy atom. The van der Waals surface area contributed by atoms with E-state index in [1.807, 2.05) is 106 Å². The Morgan fingerprint density at radius 2 is 1.24 bits per heavy atom. The fraction of sp³-hybridized carbons (Fsp3) is 0.213. The number of methoxy groups -OCH3 is 1. The van der Waals surface area contributed by atoms with E-state index in [0.717, 1.165) is 75.3 Å². The molecule has 6 aromatic carbocycles. The van der Waals surface area contributed by atoms with Gasteiger partial charge in [-0.1, -0.05) is 73.2 Å². The first-order valence-electron chi connectivity index (χ1n) is 18.1. The maximum absolute atomic E-state index is 15.0. The Hall–Kier alpha value is -6.28. The molecule has 0 bridgehead atoms. The van der Waals surface area contributed by atoms with E-state index in [0.29, 0.717) is 43.0 Å². The molecule has 0 saturated heterocycles. The molecule has 0 atom stereocenters. The van der Waals surface area contributed by atoms with Crippen LogP contribution in [0.2, 0.25) is 0 Å². The molecule has 0 unspecified atom stereocenters. The van der Waals surface area contributed by atoms with Gasteiger partial charge in [0.15, 0.2) is 0 Å². The van der Waals surface area contributed by atoms with Gasteiger partial charge in [0.1, 0.15) is 29.4 Å². The van der Waals surface area contributed by atoms with Gasteiger partial charge in [-0.2, -0.15) is 0 Å². The summed E-state index contributed by atoms with van der Waals surface area (Å²) in [6, 6.07) is 35.4. The van der Waals surface area contributed by atoms with Gasteiger partial charge in [-0.3, -0.25) is 14.4 Å². The number of aldehydes is 1. The molecular weight excluding hydrogens is 696 g/mol. The van der Waals surface area contributed by atoms with Crippen molar-refractivity contribution in [3.05, 3.63) is 139 Å². The highest BCUT2D eigenvalue weighted by atomic mass is 19.1. The van der Waals surface area contributed by atoms with Gasteiger partial charge in [0, 0.05) is 17.5 Å². The standard InChI is InChI=1S/C27H23FO3.C16H16O4.C4H8/c1-3-4-27(29)31-23-11-7-18(8-12-23)21-10-14-25(26(28)17-21)22-6-5-20-16-24(30-2)13-9-19(20)15-22;17-11-13-3-4-15-10-16(6-5-14(15)9-13)20-8-2-1-7-19-12-18;1-4(2)3/h5-17H,3-4H2,1-2H3;3-6,9-12H,1-2,7-8H2;1H2,2-3H3. The van der Waals surface area contributed by atoms with E-state index >= 15 is 0 Å². The number of esters is 1. The second-order valence-electron chi connectivity index (χ2n) is 13.0. The van der Waals surface area contributed by atoms with Crippen LogP contribution in [0.3, 0.4) is 0 Å². The molecule has 55 heavy (non-hydrogen) atoms. The lowest BCUT2D eigenvalue weighted by atomic mass is 9.97. The second kappa shape index (κ2) is 21.4. The zero-order valence-electron chi connectivity index (χ0n) is 31.8. The Bertz CT molecular complexity index is 2200. The van der Waals surface area contributed by atoms with Crippen molar-refractivity contribution >= 4 is 40.3 Å². The minimum atomic E-state index is -0.288. The van der Waals surface area contributed by atoms with E-state index in [1.54, 1.807) is 31.4 Å². The van der Waals surface area contributed by atoms with Crippen LogP contribution in [0.25, 0.3) is 43.8 Å². The first kappa shape index (κ1) is 41.5. The topological polar surface area (TPSA) is 88.1 Å². The molecule has 6 rings (SSSR count). The van der Waals surface area contributed by atoms with Crippen LogP contribution in [-0.4, -0.2) is 39.1 Å². The number of carbonyl (C=O) groups is 3. The summed E-state index contributed by atoms with van der Waals surface area (Å²) in [5.74, 6) is 1.55. The van der Waals surface area contributed by atoms with Crippen molar-refractivity contribution in [3.63, 3.8) is 0 Å². The van der Waals surface area contributed by atoms with Crippen molar-refractivity contribution in [2.24, 2.45) is 0 Å². The SMILES string of the molecule is C=C(C)C.CCCC(=O)Oc1ccc(-c2ccc(-c3ccc4cc(OC)ccc4c3)c(F)c2)cc1.O=COCCCCOc1ccc2cc(C=O)ccc2c1. The first-order chi connectivity index (χ1) is 26.6. The number of hydrogen-bond acceptors (Lipinski definition) is 7. The van der Waals surface area contributed by atoms with E-state index in [1.165, 1.54) is 11.6 Å². The Labute approximate surface area is 322 Å². The molecule has 0 saturated carbocycles. The highest BCUT2D eigenvalue weighted by Crippen LogP contribution is 2.32. The quantitative estimate of drug-likeness (QED) is 0.0361. The summed E-state index contributed by atoms with van der Waals surface area (Å²) < 4.78 is 35.8. The molecule has 0 radical (unpaired) electrons. The molecule has 8 heteroatoms. The number of unbranched alkanes of at least 4 members (excludes halogenated alkanes) is 1. The zero-order valence-corrected chi connectivity index (χ0v) is 31.8. The van der Waals surface area contributed by atoms with Crippen LogP contribution in [0.4, 0.5) is 4.39 Å². The third kappa shape index (κ3) is 13.0. The molecule has 0 aromatic heterocycles. The third-order valence-electron chi connectivity index (χ3n) is 8.17. The van der Waals surface area contributed by atoms with Crippen molar-refractivity contribution in [1.29, 1.82) is 0 Å². The number of allylic oxidation sites excluding steroid dienone is 1. The Kier molecular flexibility index (Phi) is 16.2. The van der Waals surface area contributed by atoms with Crippen molar-refractivity contribution < 1.29 is 37.7 Å². The van der Waals surface area contributed by atoms with Crippen LogP contribution in [-0.2, 0) is 14.3 Å². The van der Waals surface area contributed by atoms with Crippen molar-refractivity contribution in [2.75, 3.05) is 20.3 Å². The molecular formula is C47H47FO7. The fourth-order valence-electron chi connectivity index (χ4n) is 5.48. The Morgan fingerprint density at radius 3 is 1.89 bits per heavy atom. The summed E-state index contributed by atoms with van der Waals surface area (Å²) in [6.45, 7) is 10.9. The normalized spacial score (nSPS) is 10.3. The highest BCUT2D eigenvalue weighted by molar-refractivity contribution is 5.90. The van der Waals surface area contributed by atoms with Gasteiger partial charge in [-0.25, -0.2) is 4.39 Å². The summed E-state index contributed by atoms with van der Waals surface area (Å²) in [5, 5.41) is 4.12. The van der Waals surface area contributed by atoms with Gasteiger partial charge in [-0.15, -0.1) is 6.58 Å². The van der Waals surface area contributed by atoms with Gasteiger partial charge < -0.3 is 18.9 Å². The van der Waals surface area contributed by atoms with Crippen LogP contribution in [0.15, 0.2) is 127 Å². The number of halogens is 1. The number of rotatable bonds is 14. The monoisotopic (exact) mass is 742 g/mol. The van der Waals surface area contributed by atoms with Gasteiger partial charge in [-0.05, 0) is 126 Å². The molecule has 284 valence electrons. The third-order valence-corrected chi connectivity index (χ3v) is 8.17. The van der Waals surface area contributed by atoms with Crippen molar-refractivity contribution in [3.8, 4) is 39.5 Å². The van der Waals surface area contributed by atoms with E-state index < -0.39 is 0 Å². The lowest BCUT2D eigenvalue weighted by Gasteiger charge is -2.10. The maximum Gasteiger partial charge on any atom is 0.311 e. The zero-order chi connectivity index (χ0) is 39.6. The minimum absolute atomic E-state index is 0.250. The lowest BCUT2D eigenvalue weighted by molar-refractivity contribution is -0.134. The second-order valence-corrected chi connectivity index (χ2v) is 13.0. The largest absolute Gasteiger partial charge is 0.497 e. The fourth-order valence-corrected chi connectivity index (χ4v) is 5.48. The molecule has 7 nitrogen and oxygen atoms in total. The van der Waals surface area contributed by atoms with Crippen molar-refractivity contribution in [2.45, 2.75) is 46.5 Å². The molecule has 0 fully saturated rings. The average Bonchev–Trinajstić information content (AvgIpc) is 3.19. The number of ether oxygens (including phenoxy) is 4. The Balaban J connectivity index is 0.000000241. The van der Waals surface area contributed by atoms with Crippen LogP contribution in [0.5, 0.6) is 17.2 Å². The van der Waals surface area contributed by atoms with Gasteiger partial charge >= 0.3 is 5.97 Å². The molecule has 0 amide bonds. The smallest absolute Gasteiger partial charge is 0.311 e. The van der Waals surface area contributed by atoms with E-state index in [-0.39, 0.29) is 11.8 Å². The van der Waals surface area contributed by atoms with Gasteiger partial charge in [0.05, 0.1) is 20.3 Å². The van der Waals surface area contributed by atoms with Crippen molar-refractivity contribution in [1.82, 2.24) is 0 Å². The lowest BCUT2D eigenvalue weighted by Crippen LogP contribution is -2.06. The molecule has 0 aliphatic rings. The predicted molar refractivity (Wildman–Crippen MR) is 218 cm³/mol. The van der Waals surface area contributed by atoms with Crippen LogP contribution in [0.1, 0.15) is 56.8 Å². The molecule has 0 N–H and O–H groups in total. The summed E-state index contributed by atoms with van der Waals surface area (Å²) in [4.78, 5) is 32.3. The molecule has 0 aliphatic heterocycles. The van der Waals surface area contributed by atoms with Crippen LogP contribution < -0.4 is 14.2 Å². The van der Waals surface area contributed by atoms with E-state index in [9.17, 15) is 18.8 Å². The number of carbonyl (C=O) groups excluding carboxylic acids is 3. The maximum atomic E-state index is 15.0. The van der Waals surface area contributed by atoms with E-state index in [2.05, 4.69) is 11.3 Å². The molecule has 0 aliphatic carbocycles. The first-order valence-corrected chi connectivity index (χ1v) is 18.1. The minimum Gasteiger partial charge on any atom is -0.497 e. The van der Waals surface area contributed by atoms with E-state index in [4.69, 9.17) is 14.2 Å². The average molecular weight is 743 g/mol. The van der Waals surface area contributed by atoms with Crippen LogP contribution in [0, 0.1) is 5.82 Å². The molecule has 0 heterocycles. The molecule has 0 spiro atoms. The highest BCUT2D eigenvalue weighted by Gasteiger charge is 2.10. The van der Waals surface area contributed by atoms with Crippen LogP contribution >= 0.6 is 0 Å². The summed E-state index contributed by atoms with van der Waals surface area (Å²) in [5.41, 5.74) is 4.82. The number of hydrogen-bond donors (Lipinski definition) is 0. The summed E-state index contributed by atoms with van der Waals surface area (Å²) in [7, 11) is 1.64. The van der Waals surface area contributed by atoms with Gasteiger partial charge in [0.25, 0.3) is 6.47 Å². The predicted octanol–water partition coefficient (Wildman–Crippen LogP) is 11.6. The number of fused-ring (bicyclic) bond motifs is 2. The van der Waals surface area contributed by atoms with Gasteiger partial charge in [0.2, 0.25) is 0 Å².